The Balaban J connectivity index is 2.23. The highest BCUT2D eigenvalue weighted by molar-refractivity contribution is 5.78. The molecular formula is C10H17N5O2. The summed E-state index contributed by atoms with van der Waals surface area (Å²) in [6, 6.07) is 0. The molecule has 1 saturated carbocycles. The molecule has 94 valence electrons. The number of carbonyl (C=O) groups is 1. The van der Waals surface area contributed by atoms with Crippen LogP contribution in [0.25, 0.3) is 0 Å². The summed E-state index contributed by atoms with van der Waals surface area (Å²) in [5, 5.41) is 11.8. The summed E-state index contributed by atoms with van der Waals surface area (Å²) < 4.78 is 4.89. The lowest BCUT2D eigenvalue weighted by atomic mass is 9.79. The summed E-state index contributed by atoms with van der Waals surface area (Å²) in [7, 11) is 3.08. The highest BCUT2D eigenvalue weighted by Gasteiger charge is 2.51. The number of methoxy groups -OCH3 is 1. The molecule has 7 nitrogen and oxygen atoms in total. The molecule has 1 aromatic heterocycles. The zero-order valence-electron chi connectivity index (χ0n) is 10.1. The van der Waals surface area contributed by atoms with Gasteiger partial charge < -0.3 is 10.5 Å². The number of aromatic nitrogens is 4. The zero-order chi connectivity index (χ0) is 12.5. The molecule has 0 aliphatic heterocycles. The lowest BCUT2D eigenvalue weighted by Crippen LogP contribution is -2.43. The van der Waals surface area contributed by atoms with Crippen molar-refractivity contribution in [2.75, 3.05) is 13.7 Å². The highest BCUT2D eigenvalue weighted by atomic mass is 16.5. The summed E-state index contributed by atoms with van der Waals surface area (Å²) in [4.78, 5) is 13.3. The normalized spacial score (nSPS) is 18.8. The predicted molar refractivity (Wildman–Crippen MR) is 58.7 cm³/mol. The first-order valence-electron chi connectivity index (χ1n) is 5.64. The van der Waals surface area contributed by atoms with Gasteiger partial charge in [0.2, 0.25) is 0 Å². The van der Waals surface area contributed by atoms with Crippen LogP contribution in [0.4, 0.5) is 0 Å². The molecule has 2 rings (SSSR count). The second-order valence-electron chi connectivity index (χ2n) is 4.50. The van der Waals surface area contributed by atoms with E-state index in [4.69, 9.17) is 10.5 Å². The smallest absolute Gasteiger partial charge is 0.313 e. The standard InChI is InChI=1S/C10H17N5O2/c1-15-13-8(12-14-15)5-10(6-11,7-3-4-7)9(16)17-2/h7H,3-6,11H2,1-2H3. The van der Waals surface area contributed by atoms with Gasteiger partial charge >= 0.3 is 5.97 Å². The van der Waals surface area contributed by atoms with Crippen molar-refractivity contribution in [2.45, 2.75) is 19.3 Å². The zero-order valence-corrected chi connectivity index (χ0v) is 10.1. The van der Waals surface area contributed by atoms with E-state index in [-0.39, 0.29) is 18.4 Å². The van der Waals surface area contributed by atoms with Crippen molar-refractivity contribution in [3.63, 3.8) is 0 Å². The van der Waals surface area contributed by atoms with Crippen molar-refractivity contribution in [3.05, 3.63) is 5.82 Å². The van der Waals surface area contributed by atoms with E-state index in [1.807, 2.05) is 0 Å². The lowest BCUT2D eigenvalue weighted by molar-refractivity contribution is -0.153. The van der Waals surface area contributed by atoms with Crippen LogP contribution in [0.1, 0.15) is 18.7 Å². The number of ether oxygens (including phenoxy) is 1. The van der Waals surface area contributed by atoms with Crippen LogP contribution in [0.5, 0.6) is 0 Å². The number of aryl methyl sites for hydroxylation is 1. The molecule has 0 aromatic carbocycles. The Hall–Kier alpha value is -1.50. The SMILES string of the molecule is COC(=O)C(CN)(Cc1nnn(C)n1)C1CC1. The van der Waals surface area contributed by atoms with Gasteiger partial charge in [-0.2, -0.15) is 4.80 Å². The summed E-state index contributed by atoms with van der Waals surface area (Å²) in [5.41, 5.74) is 5.11. The molecule has 1 aromatic rings. The van der Waals surface area contributed by atoms with Crippen molar-refractivity contribution < 1.29 is 9.53 Å². The fourth-order valence-corrected chi connectivity index (χ4v) is 2.22. The van der Waals surface area contributed by atoms with Gasteiger partial charge in [-0.15, -0.1) is 10.2 Å². The Bertz CT molecular complexity index is 415. The van der Waals surface area contributed by atoms with Gasteiger partial charge in [0.1, 0.15) is 0 Å². The molecule has 0 amide bonds. The van der Waals surface area contributed by atoms with Gasteiger partial charge in [-0.3, -0.25) is 4.79 Å². The second-order valence-corrected chi connectivity index (χ2v) is 4.50. The van der Waals surface area contributed by atoms with Crippen LogP contribution in [-0.4, -0.2) is 39.8 Å². The molecule has 17 heavy (non-hydrogen) atoms. The van der Waals surface area contributed by atoms with Crippen molar-refractivity contribution >= 4 is 5.97 Å². The van der Waals surface area contributed by atoms with Gasteiger partial charge in [0.25, 0.3) is 0 Å². The number of carbonyl (C=O) groups excluding carboxylic acids is 1. The Morgan fingerprint density at radius 1 is 1.65 bits per heavy atom. The predicted octanol–water partition coefficient (Wildman–Crippen LogP) is -0.719. The molecule has 7 heteroatoms. The minimum absolute atomic E-state index is 0.253. The van der Waals surface area contributed by atoms with Crippen LogP contribution >= 0.6 is 0 Å². The molecule has 1 heterocycles. The van der Waals surface area contributed by atoms with Gasteiger partial charge in [0.15, 0.2) is 5.82 Å². The third-order valence-electron chi connectivity index (χ3n) is 3.34. The Kier molecular flexibility index (Phi) is 3.10. The van der Waals surface area contributed by atoms with E-state index in [1.165, 1.54) is 11.9 Å². The highest BCUT2D eigenvalue weighted by Crippen LogP contribution is 2.47. The molecular weight excluding hydrogens is 222 g/mol. The molecule has 2 N–H and O–H groups in total. The number of hydrogen-bond acceptors (Lipinski definition) is 6. The first kappa shape index (κ1) is 12.0. The van der Waals surface area contributed by atoms with Crippen LogP contribution in [0.3, 0.4) is 0 Å². The number of esters is 1. The average Bonchev–Trinajstić information content (AvgIpc) is 3.10. The first-order chi connectivity index (χ1) is 8.12. The lowest BCUT2D eigenvalue weighted by Gasteiger charge is -2.28. The number of nitrogens with zero attached hydrogens (tertiary/aromatic N) is 4. The monoisotopic (exact) mass is 239 g/mol. The molecule has 1 fully saturated rings. The summed E-state index contributed by atoms with van der Waals surface area (Å²) in [6.07, 6.45) is 2.41. The van der Waals surface area contributed by atoms with Gasteiger partial charge in [-0.05, 0) is 24.0 Å². The van der Waals surface area contributed by atoms with Crippen LogP contribution in [0.15, 0.2) is 0 Å². The fraction of sp³-hybridized carbons (Fsp3) is 0.800. The number of hydrogen-bond donors (Lipinski definition) is 1. The largest absolute Gasteiger partial charge is 0.469 e. The summed E-state index contributed by atoms with van der Waals surface area (Å²) in [6.45, 7) is 0.253. The third kappa shape index (κ3) is 2.14. The molecule has 1 aliphatic carbocycles. The Morgan fingerprint density at radius 3 is 2.76 bits per heavy atom. The molecule has 0 bridgehead atoms. The van der Waals surface area contributed by atoms with Crippen molar-refractivity contribution in [2.24, 2.45) is 24.1 Å². The molecule has 0 radical (unpaired) electrons. The minimum Gasteiger partial charge on any atom is -0.469 e. The Labute approximate surface area is 99.3 Å². The van der Waals surface area contributed by atoms with Gasteiger partial charge in [-0.25, -0.2) is 0 Å². The van der Waals surface area contributed by atoms with Crippen LogP contribution in [0, 0.1) is 11.3 Å². The second kappa shape index (κ2) is 4.40. The minimum atomic E-state index is -0.683. The van der Waals surface area contributed by atoms with E-state index in [9.17, 15) is 4.79 Å². The molecule has 1 unspecified atom stereocenters. The van der Waals surface area contributed by atoms with Crippen molar-refractivity contribution in [1.29, 1.82) is 0 Å². The van der Waals surface area contributed by atoms with E-state index < -0.39 is 5.41 Å². The van der Waals surface area contributed by atoms with Crippen LogP contribution < -0.4 is 5.73 Å². The molecule has 1 aliphatic rings. The van der Waals surface area contributed by atoms with Crippen molar-refractivity contribution in [1.82, 2.24) is 20.2 Å². The average molecular weight is 239 g/mol. The third-order valence-corrected chi connectivity index (χ3v) is 3.34. The summed E-state index contributed by atoms with van der Waals surface area (Å²) in [5.74, 6) is 0.550. The van der Waals surface area contributed by atoms with E-state index in [0.29, 0.717) is 12.2 Å². The number of rotatable bonds is 5. The quantitative estimate of drug-likeness (QED) is 0.681. The topological polar surface area (TPSA) is 95.9 Å². The van der Waals surface area contributed by atoms with Gasteiger partial charge in [-0.1, -0.05) is 0 Å². The van der Waals surface area contributed by atoms with E-state index in [0.717, 1.165) is 12.8 Å². The van der Waals surface area contributed by atoms with Crippen molar-refractivity contribution in [3.8, 4) is 0 Å². The maximum absolute atomic E-state index is 12.0. The molecule has 0 saturated heterocycles. The van der Waals surface area contributed by atoms with Gasteiger partial charge in [0, 0.05) is 13.0 Å². The first-order valence-corrected chi connectivity index (χ1v) is 5.64. The molecule has 1 atom stereocenters. The number of tetrazole rings is 1. The van der Waals surface area contributed by atoms with Gasteiger partial charge in [0.05, 0.1) is 19.6 Å². The Morgan fingerprint density at radius 2 is 2.35 bits per heavy atom. The van der Waals surface area contributed by atoms with Crippen LogP contribution in [-0.2, 0) is 23.0 Å². The summed E-state index contributed by atoms with van der Waals surface area (Å²) >= 11 is 0. The van der Waals surface area contributed by atoms with E-state index >= 15 is 0 Å². The molecule has 0 spiro atoms. The number of nitrogens with two attached hydrogens (primary N) is 1. The van der Waals surface area contributed by atoms with Crippen LogP contribution in [0.2, 0.25) is 0 Å². The fourth-order valence-electron chi connectivity index (χ4n) is 2.22. The maximum Gasteiger partial charge on any atom is 0.313 e. The van der Waals surface area contributed by atoms with E-state index in [2.05, 4.69) is 15.4 Å². The maximum atomic E-state index is 12.0. The van der Waals surface area contributed by atoms with E-state index in [1.54, 1.807) is 7.05 Å².